The molecular weight excluding hydrogens is 543 g/mol. The Morgan fingerprint density at radius 1 is 1.19 bits per heavy atom. The number of aryl methyl sites for hydroxylation is 1. The van der Waals surface area contributed by atoms with Gasteiger partial charge in [0.1, 0.15) is 5.75 Å². The number of nitrogens with one attached hydrogen (secondary N) is 2. The van der Waals surface area contributed by atoms with Gasteiger partial charge in [0.25, 0.3) is 5.91 Å². The number of aliphatic imine (C=N–C) groups is 1. The molecule has 1 aliphatic heterocycles. The zero-order chi connectivity index (χ0) is 22.4. The molecular formula is C22H29IN4O4S. The maximum Gasteiger partial charge on any atom is 0.265 e. The van der Waals surface area contributed by atoms with Gasteiger partial charge in [-0.3, -0.25) is 9.79 Å². The highest BCUT2D eigenvalue weighted by Crippen LogP contribution is 2.31. The summed E-state index contributed by atoms with van der Waals surface area (Å²) in [4.78, 5) is 18.5. The molecule has 1 aliphatic rings. The monoisotopic (exact) mass is 572 g/mol. The minimum Gasteiger partial charge on any atom is -0.482 e. The van der Waals surface area contributed by atoms with Crippen molar-refractivity contribution >= 4 is 51.4 Å². The number of para-hydroxylation sites is 2. The average Bonchev–Trinajstić information content (AvgIpc) is 2.73. The van der Waals surface area contributed by atoms with Crippen molar-refractivity contribution in [2.75, 3.05) is 37.9 Å². The van der Waals surface area contributed by atoms with Crippen LogP contribution >= 0.6 is 24.0 Å². The highest BCUT2D eigenvalue weighted by Gasteiger charge is 2.24. The molecule has 0 unspecified atom stereocenters. The molecule has 0 radical (unpaired) electrons. The number of hydrogen-bond donors (Lipinski definition) is 2. The van der Waals surface area contributed by atoms with E-state index in [0.717, 1.165) is 29.0 Å². The third-order valence-electron chi connectivity index (χ3n) is 4.98. The molecule has 1 heterocycles. The van der Waals surface area contributed by atoms with E-state index in [0.29, 0.717) is 30.5 Å². The van der Waals surface area contributed by atoms with Crippen molar-refractivity contribution in [3.8, 4) is 5.75 Å². The van der Waals surface area contributed by atoms with E-state index in [2.05, 4.69) is 15.6 Å². The Morgan fingerprint density at radius 2 is 1.94 bits per heavy atom. The van der Waals surface area contributed by atoms with E-state index in [1.54, 1.807) is 31.0 Å². The number of rotatable bonds is 7. The van der Waals surface area contributed by atoms with E-state index in [9.17, 15) is 13.2 Å². The molecule has 10 heteroatoms. The smallest absolute Gasteiger partial charge is 0.265 e. The van der Waals surface area contributed by atoms with Crippen LogP contribution in [0.1, 0.15) is 17.5 Å². The highest BCUT2D eigenvalue weighted by atomic mass is 127. The van der Waals surface area contributed by atoms with Crippen molar-refractivity contribution in [1.82, 2.24) is 10.6 Å². The van der Waals surface area contributed by atoms with Gasteiger partial charge in [0, 0.05) is 32.9 Å². The van der Waals surface area contributed by atoms with E-state index in [1.165, 1.54) is 6.26 Å². The second-order valence-electron chi connectivity index (χ2n) is 7.38. The lowest BCUT2D eigenvalue weighted by Crippen LogP contribution is -2.42. The first kappa shape index (κ1) is 25.9. The summed E-state index contributed by atoms with van der Waals surface area (Å²) in [5, 5.41) is 6.46. The van der Waals surface area contributed by atoms with E-state index in [-0.39, 0.29) is 36.5 Å². The summed E-state index contributed by atoms with van der Waals surface area (Å²) < 4.78 is 29.0. The minimum absolute atomic E-state index is 0. The van der Waals surface area contributed by atoms with Gasteiger partial charge in [-0.15, -0.1) is 24.0 Å². The van der Waals surface area contributed by atoms with Crippen LogP contribution in [0.15, 0.2) is 52.4 Å². The van der Waals surface area contributed by atoms with Gasteiger partial charge in [-0.1, -0.05) is 24.3 Å². The second-order valence-corrected chi connectivity index (χ2v) is 9.36. The molecule has 1 amide bonds. The first-order valence-electron chi connectivity index (χ1n) is 10.1. The summed E-state index contributed by atoms with van der Waals surface area (Å²) in [6.45, 7) is 3.58. The summed E-state index contributed by atoms with van der Waals surface area (Å²) in [5.74, 6) is 1.32. The molecule has 2 aromatic rings. The van der Waals surface area contributed by atoms with E-state index >= 15 is 0 Å². The SMILES string of the molecule is CN=C(NCCCN1C(=O)COc2ccccc21)NCc1ccc(S(C)(=O)=O)c(C)c1.I. The van der Waals surface area contributed by atoms with E-state index < -0.39 is 9.84 Å². The second kappa shape index (κ2) is 11.5. The van der Waals surface area contributed by atoms with Gasteiger partial charge in [0.2, 0.25) is 0 Å². The number of carbonyl (C=O) groups excluding carboxylic acids is 1. The van der Waals surface area contributed by atoms with Crippen LogP contribution in [0.25, 0.3) is 0 Å². The number of fused-ring (bicyclic) bond motifs is 1. The molecule has 0 saturated heterocycles. The van der Waals surface area contributed by atoms with E-state index in [4.69, 9.17) is 4.74 Å². The fraction of sp³-hybridized carbons (Fsp3) is 0.364. The minimum atomic E-state index is -3.23. The third kappa shape index (κ3) is 6.58. The number of hydrogen-bond acceptors (Lipinski definition) is 5. The van der Waals surface area contributed by atoms with Gasteiger partial charge in [-0.05, 0) is 42.7 Å². The zero-order valence-corrected chi connectivity index (χ0v) is 21.6. The standard InChI is InChI=1S/C22H28N4O4S.HI/c1-16-13-17(9-10-20(16)31(3,28)29)14-25-22(23-2)24-11-6-12-26-18-7-4-5-8-19(18)30-15-21(26)27;/h4-5,7-10,13H,6,11-12,14-15H2,1-3H3,(H2,23,24,25);1H. The lowest BCUT2D eigenvalue weighted by Gasteiger charge is -2.29. The number of anilines is 1. The number of carbonyl (C=O) groups is 1. The Labute approximate surface area is 206 Å². The summed E-state index contributed by atoms with van der Waals surface area (Å²) in [6.07, 6.45) is 1.95. The molecule has 0 spiro atoms. The van der Waals surface area contributed by atoms with Crippen molar-refractivity contribution < 1.29 is 17.9 Å². The lowest BCUT2D eigenvalue weighted by molar-refractivity contribution is -0.121. The molecule has 0 aromatic heterocycles. The Balaban J connectivity index is 0.00000363. The molecule has 3 rings (SSSR count). The molecule has 0 bridgehead atoms. The fourth-order valence-corrected chi connectivity index (χ4v) is 4.45. The molecule has 2 N–H and O–H groups in total. The van der Waals surface area contributed by atoms with Gasteiger partial charge < -0.3 is 20.3 Å². The number of sulfone groups is 1. The van der Waals surface area contributed by atoms with Crippen LogP contribution in [0.3, 0.4) is 0 Å². The van der Waals surface area contributed by atoms with Crippen LogP contribution in [0.2, 0.25) is 0 Å². The lowest BCUT2D eigenvalue weighted by atomic mass is 10.1. The van der Waals surface area contributed by atoms with Crippen LogP contribution in [-0.4, -0.2) is 53.3 Å². The fourth-order valence-electron chi connectivity index (χ4n) is 3.49. The Hall–Kier alpha value is -2.34. The summed E-state index contributed by atoms with van der Waals surface area (Å²) in [5.41, 5.74) is 2.48. The molecule has 0 aliphatic carbocycles. The maximum atomic E-state index is 12.2. The van der Waals surface area contributed by atoms with Crippen LogP contribution in [0.5, 0.6) is 5.75 Å². The number of ether oxygens (including phenoxy) is 1. The van der Waals surface area contributed by atoms with Crippen molar-refractivity contribution in [3.63, 3.8) is 0 Å². The summed E-state index contributed by atoms with van der Waals surface area (Å²) >= 11 is 0. The van der Waals surface area contributed by atoms with Crippen molar-refractivity contribution in [2.24, 2.45) is 4.99 Å². The molecule has 174 valence electrons. The topological polar surface area (TPSA) is 100 Å². The molecule has 0 atom stereocenters. The van der Waals surface area contributed by atoms with Crippen LogP contribution in [0.4, 0.5) is 5.69 Å². The number of benzene rings is 2. The normalized spacial score (nSPS) is 13.7. The number of guanidine groups is 1. The van der Waals surface area contributed by atoms with Crippen LogP contribution in [0, 0.1) is 6.92 Å². The summed E-state index contributed by atoms with van der Waals surface area (Å²) in [7, 11) is -1.54. The van der Waals surface area contributed by atoms with Crippen molar-refractivity contribution in [1.29, 1.82) is 0 Å². The first-order chi connectivity index (χ1) is 14.8. The Bertz CT molecular complexity index is 1090. The molecule has 0 fully saturated rings. The molecule has 2 aromatic carbocycles. The molecule has 0 saturated carbocycles. The van der Waals surface area contributed by atoms with Crippen molar-refractivity contribution in [3.05, 3.63) is 53.6 Å². The number of halogens is 1. The largest absolute Gasteiger partial charge is 0.482 e. The van der Waals surface area contributed by atoms with Crippen LogP contribution in [-0.2, 0) is 21.2 Å². The Morgan fingerprint density at radius 3 is 2.62 bits per heavy atom. The zero-order valence-electron chi connectivity index (χ0n) is 18.4. The molecule has 32 heavy (non-hydrogen) atoms. The third-order valence-corrected chi connectivity index (χ3v) is 6.24. The average molecular weight is 572 g/mol. The first-order valence-corrected chi connectivity index (χ1v) is 11.9. The number of amides is 1. The van der Waals surface area contributed by atoms with Gasteiger partial charge in [-0.25, -0.2) is 8.42 Å². The van der Waals surface area contributed by atoms with Gasteiger partial charge in [-0.2, -0.15) is 0 Å². The quantitative estimate of drug-likeness (QED) is 0.229. The molecule has 8 nitrogen and oxygen atoms in total. The number of nitrogens with zero attached hydrogens (tertiary/aromatic N) is 2. The predicted molar refractivity (Wildman–Crippen MR) is 137 cm³/mol. The van der Waals surface area contributed by atoms with Gasteiger partial charge in [0.15, 0.2) is 22.4 Å². The summed E-state index contributed by atoms with van der Waals surface area (Å²) in [6, 6.07) is 12.8. The predicted octanol–water partition coefficient (Wildman–Crippen LogP) is 2.50. The highest BCUT2D eigenvalue weighted by molar-refractivity contribution is 14.0. The maximum absolute atomic E-state index is 12.2. The Kier molecular flexibility index (Phi) is 9.32. The van der Waals surface area contributed by atoms with Crippen molar-refractivity contribution in [2.45, 2.75) is 24.8 Å². The van der Waals surface area contributed by atoms with E-state index in [1.807, 2.05) is 30.3 Å². The van der Waals surface area contributed by atoms with Gasteiger partial charge >= 0.3 is 0 Å². The van der Waals surface area contributed by atoms with Gasteiger partial charge in [0.05, 0.1) is 10.6 Å². The van der Waals surface area contributed by atoms with Crippen LogP contribution < -0.4 is 20.3 Å².